The number of benzene rings is 1. The second-order valence-corrected chi connectivity index (χ2v) is 5.47. The maximum absolute atomic E-state index is 12.2. The number of hydrogen-bond donors (Lipinski definition) is 1. The van der Waals surface area contributed by atoms with Crippen LogP contribution in [0.25, 0.3) is 5.65 Å². The van der Waals surface area contributed by atoms with E-state index in [9.17, 15) is 4.79 Å². The van der Waals surface area contributed by atoms with Crippen molar-refractivity contribution < 1.29 is 9.53 Å². The van der Waals surface area contributed by atoms with Crippen molar-refractivity contribution in [2.75, 3.05) is 12.4 Å². The van der Waals surface area contributed by atoms with Crippen LogP contribution in [0.15, 0.2) is 42.6 Å². The number of fused-ring (bicyclic) bond motifs is 1. The van der Waals surface area contributed by atoms with Gasteiger partial charge in [0.2, 0.25) is 5.91 Å². The van der Waals surface area contributed by atoms with Gasteiger partial charge in [0.15, 0.2) is 11.5 Å². The lowest BCUT2D eigenvalue weighted by atomic mass is 10.1. The van der Waals surface area contributed by atoms with Crippen molar-refractivity contribution in [2.24, 2.45) is 0 Å². The number of methoxy groups -OCH3 is 1. The minimum absolute atomic E-state index is 0.0417. The first-order chi connectivity index (χ1) is 11.7. The molecule has 1 amide bonds. The van der Waals surface area contributed by atoms with Gasteiger partial charge in [-0.25, -0.2) is 9.50 Å². The number of aryl methyl sites for hydroxylation is 2. The predicted octanol–water partition coefficient (Wildman–Crippen LogP) is 2.87. The van der Waals surface area contributed by atoms with E-state index < -0.39 is 0 Å². The van der Waals surface area contributed by atoms with E-state index in [1.807, 2.05) is 49.5 Å². The highest BCUT2D eigenvalue weighted by Gasteiger charge is 2.10. The van der Waals surface area contributed by atoms with Crippen LogP contribution in [-0.2, 0) is 17.6 Å². The number of pyridine rings is 1. The quantitative estimate of drug-likeness (QED) is 0.757. The second-order valence-electron chi connectivity index (χ2n) is 5.47. The Morgan fingerprint density at radius 2 is 2.04 bits per heavy atom. The molecule has 124 valence electrons. The smallest absolute Gasteiger partial charge is 0.224 e. The van der Waals surface area contributed by atoms with Gasteiger partial charge in [0.25, 0.3) is 0 Å². The zero-order chi connectivity index (χ0) is 16.9. The number of rotatable bonds is 6. The molecule has 0 saturated carbocycles. The van der Waals surface area contributed by atoms with Crippen LogP contribution in [0.1, 0.15) is 24.7 Å². The van der Waals surface area contributed by atoms with Crippen LogP contribution in [0.4, 0.5) is 5.69 Å². The van der Waals surface area contributed by atoms with E-state index in [-0.39, 0.29) is 5.91 Å². The van der Waals surface area contributed by atoms with E-state index in [0.29, 0.717) is 24.2 Å². The Kier molecular flexibility index (Phi) is 4.74. The molecule has 3 rings (SSSR count). The first-order valence-electron chi connectivity index (χ1n) is 7.96. The van der Waals surface area contributed by atoms with Crippen LogP contribution >= 0.6 is 0 Å². The van der Waals surface area contributed by atoms with Gasteiger partial charge in [0.1, 0.15) is 5.75 Å². The molecule has 0 fully saturated rings. The lowest BCUT2D eigenvalue weighted by Gasteiger charge is -2.06. The summed E-state index contributed by atoms with van der Waals surface area (Å²) in [7, 11) is 1.64. The average Bonchev–Trinajstić information content (AvgIpc) is 3.05. The lowest BCUT2D eigenvalue weighted by Crippen LogP contribution is -2.13. The van der Waals surface area contributed by atoms with Gasteiger partial charge in [0, 0.05) is 19.0 Å². The number of aromatic nitrogens is 3. The highest BCUT2D eigenvalue weighted by molar-refractivity contribution is 5.94. The van der Waals surface area contributed by atoms with Crippen molar-refractivity contribution >= 4 is 17.2 Å². The van der Waals surface area contributed by atoms with E-state index >= 15 is 0 Å². The normalized spacial score (nSPS) is 10.8. The molecule has 0 aliphatic carbocycles. The minimum atomic E-state index is -0.0417. The van der Waals surface area contributed by atoms with E-state index in [1.54, 1.807) is 11.6 Å². The van der Waals surface area contributed by atoms with Gasteiger partial charge in [-0.2, -0.15) is 5.10 Å². The third-order valence-corrected chi connectivity index (χ3v) is 3.80. The van der Waals surface area contributed by atoms with Crippen LogP contribution in [0.2, 0.25) is 0 Å². The molecular weight excluding hydrogens is 304 g/mol. The van der Waals surface area contributed by atoms with Crippen molar-refractivity contribution in [3.05, 3.63) is 54.0 Å². The molecule has 3 aromatic rings. The van der Waals surface area contributed by atoms with Gasteiger partial charge in [-0.3, -0.25) is 4.79 Å². The maximum Gasteiger partial charge on any atom is 0.224 e. The zero-order valence-corrected chi connectivity index (χ0v) is 13.8. The van der Waals surface area contributed by atoms with E-state index in [4.69, 9.17) is 4.74 Å². The fraction of sp³-hybridized carbons (Fsp3) is 0.278. The molecule has 24 heavy (non-hydrogen) atoms. The first-order valence-corrected chi connectivity index (χ1v) is 7.96. The molecule has 1 aromatic carbocycles. The van der Waals surface area contributed by atoms with Crippen molar-refractivity contribution in [3.63, 3.8) is 0 Å². The van der Waals surface area contributed by atoms with Gasteiger partial charge in [-0.15, -0.1) is 0 Å². The lowest BCUT2D eigenvalue weighted by molar-refractivity contribution is -0.116. The average molecular weight is 324 g/mol. The fourth-order valence-corrected chi connectivity index (χ4v) is 2.46. The predicted molar refractivity (Wildman–Crippen MR) is 92.3 cm³/mol. The molecule has 0 saturated heterocycles. The summed E-state index contributed by atoms with van der Waals surface area (Å²) in [5, 5.41) is 7.28. The van der Waals surface area contributed by atoms with Crippen LogP contribution in [0.5, 0.6) is 5.75 Å². The van der Waals surface area contributed by atoms with Gasteiger partial charge in [-0.05, 0) is 36.2 Å². The number of anilines is 1. The number of amides is 1. The van der Waals surface area contributed by atoms with Crippen LogP contribution < -0.4 is 10.1 Å². The zero-order valence-electron chi connectivity index (χ0n) is 13.8. The number of nitrogens with one attached hydrogen (secondary N) is 1. The Morgan fingerprint density at radius 1 is 1.25 bits per heavy atom. The summed E-state index contributed by atoms with van der Waals surface area (Å²) in [6.45, 7) is 2.00. The van der Waals surface area contributed by atoms with E-state index in [0.717, 1.165) is 23.6 Å². The number of nitrogens with zero attached hydrogens (tertiary/aromatic N) is 3. The summed E-state index contributed by atoms with van der Waals surface area (Å²) >= 11 is 0. The first kappa shape index (κ1) is 16.0. The molecule has 1 N–H and O–H groups in total. The molecular formula is C18H20N4O2. The molecule has 6 nitrogen and oxygen atoms in total. The van der Waals surface area contributed by atoms with Crippen molar-refractivity contribution in [1.29, 1.82) is 0 Å². The van der Waals surface area contributed by atoms with E-state index in [1.165, 1.54) is 0 Å². The molecule has 2 heterocycles. The van der Waals surface area contributed by atoms with Gasteiger partial charge >= 0.3 is 0 Å². The molecule has 2 aromatic heterocycles. The highest BCUT2D eigenvalue weighted by atomic mass is 16.5. The van der Waals surface area contributed by atoms with Crippen molar-refractivity contribution in [2.45, 2.75) is 26.2 Å². The molecule has 0 aliphatic heterocycles. The SMILES string of the molecule is CCc1nc2c(NC(=O)CCc3ccc(OC)cc3)cccn2n1. The molecule has 6 heteroatoms. The van der Waals surface area contributed by atoms with Crippen LogP contribution in [0.3, 0.4) is 0 Å². The summed E-state index contributed by atoms with van der Waals surface area (Å²) in [4.78, 5) is 16.7. The Hall–Kier alpha value is -2.89. The number of carbonyl (C=O) groups is 1. The Bertz CT molecular complexity index is 840. The topological polar surface area (TPSA) is 68.5 Å². The third-order valence-electron chi connectivity index (χ3n) is 3.80. The fourth-order valence-electron chi connectivity index (χ4n) is 2.46. The summed E-state index contributed by atoms with van der Waals surface area (Å²) in [6.07, 6.45) is 3.66. The Balaban J connectivity index is 1.65. The van der Waals surface area contributed by atoms with Crippen LogP contribution in [0, 0.1) is 0 Å². The number of hydrogen-bond acceptors (Lipinski definition) is 4. The molecule has 0 spiro atoms. The van der Waals surface area contributed by atoms with Gasteiger partial charge < -0.3 is 10.1 Å². The summed E-state index contributed by atoms with van der Waals surface area (Å²) in [5.41, 5.74) is 2.46. The monoisotopic (exact) mass is 324 g/mol. The van der Waals surface area contributed by atoms with Gasteiger partial charge in [0.05, 0.1) is 12.8 Å². The Labute approximate surface area is 140 Å². The molecule has 0 radical (unpaired) electrons. The molecule has 0 atom stereocenters. The summed E-state index contributed by atoms with van der Waals surface area (Å²) in [6, 6.07) is 11.4. The second kappa shape index (κ2) is 7.12. The number of carbonyl (C=O) groups excluding carboxylic acids is 1. The van der Waals surface area contributed by atoms with Crippen LogP contribution in [-0.4, -0.2) is 27.6 Å². The van der Waals surface area contributed by atoms with Crippen molar-refractivity contribution in [3.8, 4) is 5.75 Å². The minimum Gasteiger partial charge on any atom is -0.497 e. The summed E-state index contributed by atoms with van der Waals surface area (Å²) < 4.78 is 6.82. The maximum atomic E-state index is 12.2. The largest absolute Gasteiger partial charge is 0.497 e. The molecule has 0 aliphatic rings. The molecule has 0 bridgehead atoms. The third kappa shape index (κ3) is 3.53. The van der Waals surface area contributed by atoms with Crippen molar-refractivity contribution in [1.82, 2.24) is 14.6 Å². The highest BCUT2D eigenvalue weighted by Crippen LogP contribution is 2.16. The Morgan fingerprint density at radius 3 is 2.75 bits per heavy atom. The molecule has 0 unspecified atom stereocenters. The standard InChI is InChI=1S/C18H20N4O2/c1-3-16-20-18-15(5-4-12-22(18)21-16)19-17(23)11-8-13-6-9-14(24-2)10-7-13/h4-7,9-10,12H,3,8,11H2,1-2H3,(H,19,23). The van der Waals surface area contributed by atoms with Gasteiger partial charge in [-0.1, -0.05) is 19.1 Å². The summed E-state index contributed by atoms with van der Waals surface area (Å²) in [5.74, 6) is 1.53. The van der Waals surface area contributed by atoms with E-state index in [2.05, 4.69) is 15.4 Å². The number of ether oxygens (including phenoxy) is 1.